The van der Waals surface area contributed by atoms with Gasteiger partial charge in [-0.1, -0.05) is 48.5 Å². The van der Waals surface area contributed by atoms with Crippen molar-refractivity contribution in [2.45, 2.75) is 24.2 Å². The second-order valence-electron chi connectivity index (χ2n) is 7.41. The third-order valence-corrected chi connectivity index (χ3v) is 6.73. The molecule has 1 N–H and O–H groups in total. The van der Waals surface area contributed by atoms with E-state index in [2.05, 4.69) is 5.32 Å². The maximum atomic E-state index is 13.3. The fourth-order valence-corrected chi connectivity index (χ4v) is 4.62. The molecule has 34 heavy (non-hydrogen) atoms. The van der Waals surface area contributed by atoms with E-state index in [0.29, 0.717) is 17.4 Å². The van der Waals surface area contributed by atoms with Gasteiger partial charge in [-0.15, -0.1) is 0 Å². The number of carbonyl (C=O) groups excluding carboxylic acids is 1. The van der Waals surface area contributed by atoms with Crippen LogP contribution in [0.5, 0.6) is 5.75 Å². The van der Waals surface area contributed by atoms with Crippen molar-refractivity contribution in [2.24, 2.45) is 0 Å². The van der Waals surface area contributed by atoms with Crippen LogP contribution in [0.25, 0.3) is 0 Å². The molecule has 6 nitrogen and oxygen atoms in total. The van der Waals surface area contributed by atoms with E-state index in [1.807, 2.05) is 0 Å². The van der Waals surface area contributed by atoms with Crippen molar-refractivity contribution in [3.8, 4) is 5.75 Å². The highest BCUT2D eigenvalue weighted by Gasteiger charge is 2.33. The van der Waals surface area contributed by atoms with Crippen LogP contribution in [0, 0.1) is 0 Å². The number of carbonyl (C=O) groups is 1. The first-order chi connectivity index (χ1) is 16.1. The van der Waals surface area contributed by atoms with Crippen molar-refractivity contribution in [1.82, 2.24) is 9.62 Å². The van der Waals surface area contributed by atoms with E-state index in [4.69, 9.17) is 4.74 Å². The molecule has 0 heterocycles. The van der Waals surface area contributed by atoms with Gasteiger partial charge in [0, 0.05) is 13.1 Å². The molecule has 3 aromatic carbocycles. The van der Waals surface area contributed by atoms with Gasteiger partial charge in [0.15, 0.2) is 0 Å². The Hall–Kier alpha value is -3.37. The number of nitrogens with one attached hydrogen (secondary N) is 1. The average molecular weight is 493 g/mol. The molecule has 0 bridgehead atoms. The lowest BCUT2D eigenvalue weighted by molar-refractivity contribution is -0.137. The second-order valence-corrected chi connectivity index (χ2v) is 9.35. The number of benzene rings is 3. The van der Waals surface area contributed by atoms with Gasteiger partial charge in [-0.05, 0) is 41.5 Å². The van der Waals surface area contributed by atoms with Gasteiger partial charge in [-0.25, -0.2) is 8.42 Å². The highest BCUT2D eigenvalue weighted by atomic mass is 32.2. The summed E-state index contributed by atoms with van der Waals surface area (Å²) in [5, 5.41) is 2.65. The van der Waals surface area contributed by atoms with Crippen LogP contribution in [0.2, 0.25) is 0 Å². The molecule has 0 spiro atoms. The minimum absolute atomic E-state index is 0.124. The Morgan fingerprint density at radius 3 is 2.29 bits per heavy atom. The molecule has 180 valence electrons. The topological polar surface area (TPSA) is 75.7 Å². The van der Waals surface area contributed by atoms with Crippen molar-refractivity contribution >= 4 is 15.9 Å². The summed E-state index contributed by atoms with van der Waals surface area (Å²) < 4.78 is 72.0. The Labute approximate surface area is 196 Å². The number of hydrogen-bond donors (Lipinski definition) is 1. The number of halogens is 3. The van der Waals surface area contributed by atoms with E-state index in [-0.39, 0.29) is 13.1 Å². The number of alkyl halides is 3. The van der Waals surface area contributed by atoms with E-state index in [9.17, 15) is 26.4 Å². The van der Waals surface area contributed by atoms with Gasteiger partial charge < -0.3 is 10.1 Å². The Bertz CT molecular complexity index is 1230. The molecule has 0 saturated carbocycles. The molecule has 0 aliphatic rings. The van der Waals surface area contributed by atoms with Crippen molar-refractivity contribution < 1.29 is 31.1 Å². The number of sulfonamides is 1. The number of nitrogens with zero attached hydrogens (tertiary/aromatic N) is 1. The fourth-order valence-electron chi connectivity index (χ4n) is 3.19. The Morgan fingerprint density at radius 2 is 1.62 bits per heavy atom. The number of methoxy groups -OCH3 is 1. The van der Waals surface area contributed by atoms with Crippen LogP contribution in [0.1, 0.15) is 16.7 Å². The Morgan fingerprint density at radius 1 is 0.941 bits per heavy atom. The number of ether oxygens (including phenoxy) is 1. The van der Waals surface area contributed by atoms with E-state index in [1.165, 1.54) is 7.11 Å². The van der Waals surface area contributed by atoms with Crippen LogP contribution >= 0.6 is 0 Å². The highest BCUT2D eigenvalue weighted by Crippen LogP contribution is 2.31. The van der Waals surface area contributed by atoms with Gasteiger partial charge in [-0.2, -0.15) is 17.5 Å². The zero-order valence-electron chi connectivity index (χ0n) is 18.2. The molecule has 10 heteroatoms. The van der Waals surface area contributed by atoms with Crippen LogP contribution in [-0.4, -0.2) is 32.3 Å². The minimum atomic E-state index is -4.70. The molecule has 0 unspecified atom stereocenters. The van der Waals surface area contributed by atoms with Gasteiger partial charge in [0.2, 0.25) is 15.9 Å². The van der Waals surface area contributed by atoms with E-state index >= 15 is 0 Å². The average Bonchev–Trinajstić information content (AvgIpc) is 2.82. The predicted octanol–water partition coefficient (Wildman–Crippen LogP) is 4.22. The lowest BCUT2D eigenvalue weighted by Gasteiger charge is -2.22. The number of hydrogen-bond acceptors (Lipinski definition) is 4. The monoisotopic (exact) mass is 492 g/mol. The van der Waals surface area contributed by atoms with Crippen LogP contribution in [0.4, 0.5) is 13.2 Å². The smallest absolute Gasteiger partial charge is 0.416 e. The molecule has 0 aliphatic carbocycles. The van der Waals surface area contributed by atoms with Crippen molar-refractivity contribution in [1.29, 1.82) is 0 Å². The summed E-state index contributed by atoms with van der Waals surface area (Å²) in [5.74, 6) is -0.00104. The van der Waals surface area contributed by atoms with Crippen LogP contribution in [-0.2, 0) is 34.1 Å². The summed E-state index contributed by atoms with van der Waals surface area (Å²) in [5.41, 5.74) is 0.234. The van der Waals surface area contributed by atoms with Crippen LogP contribution in [0.3, 0.4) is 0 Å². The lowest BCUT2D eigenvalue weighted by Crippen LogP contribution is -2.40. The molecular weight excluding hydrogens is 469 g/mol. The Kier molecular flexibility index (Phi) is 7.95. The quantitative estimate of drug-likeness (QED) is 0.485. The molecule has 3 rings (SSSR count). The van der Waals surface area contributed by atoms with E-state index in [0.717, 1.165) is 28.1 Å². The Balaban J connectivity index is 1.84. The largest absolute Gasteiger partial charge is 0.497 e. The minimum Gasteiger partial charge on any atom is -0.497 e. The molecule has 0 radical (unpaired) electrons. The SMILES string of the molecule is COc1cccc(CNC(=O)CN(Cc2ccccc2)S(=O)(=O)c2cccc(C(F)(F)F)c2)c1. The molecule has 1 amide bonds. The zero-order valence-corrected chi connectivity index (χ0v) is 19.1. The first-order valence-corrected chi connectivity index (χ1v) is 11.6. The summed E-state index contributed by atoms with van der Waals surface area (Å²) >= 11 is 0. The molecule has 0 saturated heterocycles. The normalized spacial score (nSPS) is 11.9. The highest BCUT2D eigenvalue weighted by molar-refractivity contribution is 7.89. The molecule has 0 aliphatic heterocycles. The summed E-state index contributed by atoms with van der Waals surface area (Å²) in [6, 6.07) is 18.9. The van der Waals surface area contributed by atoms with Crippen molar-refractivity contribution in [2.75, 3.05) is 13.7 Å². The standard InChI is InChI=1S/C24H23F3N2O4S/c1-33-21-11-5-9-19(13-21)15-28-23(30)17-29(16-18-7-3-2-4-8-18)34(31,32)22-12-6-10-20(14-22)24(25,26)27/h2-14H,15-17H2,1H3,(H,28,30). The molecule has 0 fully saturated rings. The van der Waals surface area contributed by atoms with E-state index in [1.54, 1.807) is 54.6 Å². The van der Waals surface area contributed by atoms with Gasteiger partial charge in [0.05, 0.1) is 24.1 Å². The van der Waals surface area contributed by atoms with Crippen LogP contribution < -0.4 is 10.1 Å². The third kappa shape index (κ3) is 6.58. The summed E-state index contributed by atoms with van der Waals surface area (Å²) in [4.78, 5) is 12.1. The van der Waals surface area contributed by atoms with Gasteiger partial charge in [0.1, 0.15) is 5.75 Å². The summed E-state index contributed by atoms with van der Waals surface area (Å²) in [6.45, 7) is -0.637. The molecule has 0 atom stereocenters. The van der Waals surface area contributed by atoms with Crippen molar-refractivity contribution in [3.63, 3.8) is 0 Å². The van der Waals surface area contributed by atoms with Crippen molar-refractivity contribution in [3.05, 3.63) is 95.6 Å². The lowest BCUT2D eigenvalue weighted by atomic mass is 10.2. The maximum absolute atomic E-state index is 13.3. The van der Waals surface area contributed by atoms with Gasteiger partial charge >= 0.3 is 6.18 Å². The second kappa shape index (κ2) is 10.7. The first kappa shape index (κ1) is 25.3. The predicted molar refractivity (Wildman–Crippen MR) is 120 cm³/mol. The summed E-state index contributed by atoms with van der Waals surface area (Å²) in [7, 11) is -2.91. The molecular formula is C24H23F3N2O4S. The zero-order chi connectivity index (χ0) is 24.8. The maximum Gasteiger partial charge on any atom is 0.416 e. The van der Waals surface area contributed by atoms with Crippen LogP contribution in [0.15, 0.2) is 83.8 Å². The first-order valence-electron chi connectivity index (χ1n) is 10.2. The third-order valence-electron chi connectivity index (χ3n) is 4.94. The molecule has 3 aromatic rings. The van der Waals surface area contributed by atoms with Gasteiger partial charge in [0.25, 0.3) is 0 Å². The fraction of sp³-hybridized carbons (Fsp3) is 0.208. The van der Waals surface area contributed by atoms with Gasteiger partial charge in [-0.3, -0.25) is 4.79 Å². The van der Waals surface area contributed by atoms with E-state index < -0.39 is 39.1 Å². The summed E-state index contributed by atoms with van der Waals surface area (Å²) in [6.07, 6.45) is -4.70. The molecule has 0 aromatic heterocycles. The number of rotatable bonds is 9. The number of amides is 1.